The van der Waals surface area contributed by atoms with E-state index in [1.165, 1.54) is 16.8 Å². The average molecular weight is 826 g/mol. The predicted octanol–water partition coefficient (Wildman–Crippen LogP) is 8.90. The first-order valence-corrected chi connectivity index (χ1v) is 20.7. The fourth-order valence-corrected chi connectivity index (χ4v) is 10.8. The number of carboxylic acid groups (broad SMARTS) is 1. The van der Waals surface area contributed by atoms with Crippen LogP contribution in [0.15, 0.2) is 46.9 Å². The van der Waals surface area contributed by atoms with Crippen LogP contribution in [0.1, 0.15) is 62.9 Å². The summed E-state index contributed by atoms with van der Waals surface area (Å²) in [6.07, 6.45) is 11.0. The minimum atomic E-state index is -0.728. The number of carboxylic acids is 1. The number of hydrogen-bond donors (Lipinski definition) is 3. The van der Waals surface area contributed by atoms with Gasteiger partial charge in [-0.3, -0.25) is 19.6 Å². The molecule has 2 aromatic carbocycles. The number of anilines is 4. The molecule has 16 heteroatoms. The van der Waals surface area contributed by atoms with Gasteiger partial charge in [0.2, 0.25) is 0 Å². The van der Waals surface area contributed by atoms with Crippen molar-refractivity contribution in [1.82, 2.24) is 19.9 Å². The minimum Gasteiger partial charge on any atom is -0.481 e. The molecule has 3 N–H and O–H groups in total. The van der Waals surface area contributed by atoms with Crippen LogP contribution in [0.25, 0.3) is 20.4 Å². The zero-order chi connectivity index (χ0) is 38.5. The number of hydrogen-bond acceptors (Lipinski definition) is 13. The van der Waals surface area contributed by atoms with E-state index in [1.54, 1.807) is 29.0 Å². The number of carbonyl (C=O) groups excluding carboxylic acids is 1. The number of thiophene rings is 2. The third kappa shape index (κ3) is 6.88. The van der Waals surface area contributed by atoms with E-state index in [0.29, 0.717) is 54.8 Å². The van der Waals surface area contributed by atoms with Gasteiger partial charge < -0.3 is 20.5 Å². The highest BCUT2D eigenvalue weighted by Gasteiger charge is 2.31. The van der Waals surface area contributed by atoms with E-state index in [4.69, 9.17) is 27.9 Å². The van der Waals surface area contributed by atoms with Gasteiger partial charge in [-0.1, -0.05) is 23.2 Å². The van der Waals surface area contributed by atoms with Crippen molar-refractivity contribution in [3.8, 4) is 0 Å². The molecule has 0 saturated carbocycles. The first-order chi connectivity index (χ1) is 27.2. The molecule has 12 nitrogen and oxygen atoms in total. The molecule has 0 unspecified atom stereocenters. The SMILES string of the molecule is CCOC(=O)[C@H]1CCc2c(sc3ncnc(Nc4cc5c(cc4Cl)CN=C5)c23)C1.O=C(O)[C@H]1CCc2c(sc3ncnc(Nc4cc5c(cc4Cl)CN=C5)c23)C1. The summed E-state index contributed by atoms with van der Waals surface area (Å²) in [5.74, 6) is 0.230. The van der Waals surface area contributed by atoms with Crippen LogP contribution in [0.2, 0.25) is 10.0 Å². The van der Waals surface area contributed by atoms with Gasteiger partial charge in [0.1, 0.15) is 34.0 Å². The Hall–Kier alpha value is -5.02. The average Bonchev–Trinajstić information content (AvgIpc) is 4.00. The second kappa shape index (κ2) is 15.1. The summed E-state index contributed by atoms with van der Waals surface area (Å²) in [6.45, 7) is 3.60. The number of rotatable bonds is 7. The fourth-order valence-electron chi connectivity index (χ4n) is 7.79. The molecule has 2 atom stereocenters. The Labute approximate surface area is 339 Å². The molecule has 4 aromatic heterocycles. The maximum Gasteiger partial charge on any atom is 0.309 e. The van der Waals surface area contributed by atoms with E-state index in [9.17, 15) is 14.7 Å². The van der Waals surface area contributed by atoms with Gasteiger partial charge in [-0.25, -0.2) is 19.9 Å². The molecule has 2 aliphatic heterocycles. The Balaban J connectivity index is 0.000000147. The molecule has 2 aliphatic carbocycles. The highest BCUT2D eigenvalue weighted by atomic mass is 35.5. The van der Waals surface area contributed by atoms with Crippen LogP contribution in [-0.4, -0.2) is 56.0 Å². The van der Waals surface area contributed by atoms with E-state index in [-0.39, 0.29) is 17.8 Å². The maximum absolute atomic E-state index is 12.2. The summed E-state index contributed by atoms with van der Waals surface area (Å²) in [6, 6.07) is 7.89. The largest absolute Gasteiger partial charge is 0.481 e. The first-order valence-electron chi connectivity index (χ1n) is 18.3. The third-order valence-electron chi connectivity index (χ3n) is 10.6. The molecule has 0 radical (unpaired) electrons. The smallest absolute Gasteiger partial charge is 0.309 e. The van der Waals surface area contributed by atoms with Crippen molar-refractivity contribution in [3.05, 3.63) is 90.1 Å². The van der Waals surface area contributed by atoms with Gasteiger partial charge in [-0.15, -0.1) is 22.7 Å². The van der Waals surface area contributed by atoms with E-state index in [1.807, 2.05) is 43.6 Å². The first kappa shape index (κ1) is 36.6. The lowest BCUT2D eigenvalue weighted by atomic mass is 9.88. The molecular weight excluding hydrogens is 792 g/mol. The van der Waals surface area contributed by atoms with Gasteiger partial charge >= 0.3 is 11.9 Å². The van der Waals surface area contributed by atoms with Gasteiger partial charge in [0, 0.05) is 22.2 Å². The number of nitrogens with one attached hydrogen (secondary N) is 2. The second-order valence-electron chi connectivity index (χ2n) is 14.0. The summed E-state index contributed by atoms with van der Waals surface area (Å²) in [4.78, 5) is 54.0. The number of fused-ring (bicyclic) bond motifs is 8. The lowest BCUT2D eigenvalue weighted by molar-refractivity contribution is -0.148. The number of esters is 1. The Kier molecular flexibility index (Phi) is 9.90. The molecule has 10 rings (SSSR count). The lowest BCUT2D eigenvalue weighted by Gasteiger charge is -2.20. The summed E-state index contributed by atoms with van der Waals surface area (Å²) < 4.78 is 5.22. The highest BCUT2D eigenvalue weighted by molar-refractivity contribution is 7.19. The van der Waals surface area contributed by atoms with Crippen molar-refractivity contribution in [2.45, 2.75) is 58.5 Å². The number of aryl methyl sites for hydroxylation is 2. The molecule has 284 valence electrons. The van der Waals surface area contributed by atoms with Crippen LogP contribution in [0.5, 0.6) is 0 Å². The molecule has 0 bridgehead atoms. The molecule has 6 aromatic rings. The number of nitrogens with zero attached hydrogens (tertiary/aromatic N) is 6. The van der Waals surface area contributed by atoms with Crippen molar-refractivity contribution in [3.63, 3.8) is 0 Å². The van der Waals surface area contributed by atoms with Crippen LogP contribution in [0, 0.1) is 11.8 Å². The van der Waals surface area contributed by atoms with Gasteiger partial charge in [-0.05, 0) is 103 Å². The summed E-state index contributed by atoms with van der Waals surface area (Å²) in [5.41, 5.74) is 8.36. The number of aliphatic carboxylic acids is 1. The Morgan fingerprint density at radius 3 is 1.77 bits per heavy atom. The number of ether oxygens (including phenoxy) is 1. The maximum atomic E-state index is 12.2. The Morgan fingerprint density at radius 2 is 1.27 bits per heavy atom. The van der Waals surface area contributed by atoms with E-state index in [0.717, 1.165) is 89.6 Å². The van der Waals surface area contributed by atoms with Crippen molar-refractivity contribution in [2.24, 2.45) is 21.8 Å². The molecule has 0 amide bonds. The van der Waals surface area contributed by atoms with Crippen LogP contribution in [-0.2, 0) is 53.1 Å². The van der Waals surface area contributed by atoms with E-state index >= 15 is 0 Å². The van der Waals surface area contributed by atoms with Crippen molar-refractivity contribution < 1.29 is 19.4 Å². The number of aliphatic imine (C=N–C) groups is 2. The van der Waals surface area contributed by atoms with Gasteiger partial charge in [0.25, 0.3) is 0 Å². The summed E-state index contributed by atoms with van der Waals surface area (Å²) >= 11 is 16.2. The normalized spacial score (nSPS) is 17.5. The van der Waals surface area contributed by atoms with Crippen LogP contribution < -0.4 is 10.6 Å². The monoisotopic (exact) mass is 824 g/mol. The molecule has 56 heavy (non-hydrogen) atoms. The number of halogens is 2. The minimum absolute atomic E-state index is 0.0784. The topological polar surface area (TPSA) is 164 Å². The molecule has 0 saturated heterocycles. The number of aromatic nitrogens is 4. The van der Waals surface area contributed by atoms with Crippen molar-refractivity contribution >= 4 is 114 Å². The number of carbonyl (C=O) groups is 2. The lowest BCUT2D eigenvalue weighted by Crippen LogP contribution is -2.23. The van der Waals surface area contributed by atoms with E-state index < -0.39 is 5.97 Å². The zero-order valence-electron chi connectivity index (χ0n) is 30.1. The van der Waals surface area contributed by atoms with Crippen LogP contribution >= 0.6 is 45.9 Å². The van der Waals surface area contributed by atoms with Gasteiger partial charge in [0.05, 0.1) is 63.7 Å². The van der Waals surface area contributed by atoms with Crippen molar-refractivity contribution in [1.29, 1.82) is 0 Å². The Morgan fingerprint density at radius 1 is 0.768 bits per heavy atom. The van der Waals surface area contributed by atoms with E-state index in [2.05, 4.69) is 40.6 Å². The molecule has 4 aliphatic rings. The molecular formula is C40H34Cl2N8O4S2. The van der Waals surface area contributed by atoms with Crippen LogP contribution in [0.3, 0.4) is 0 Å². The molecule has 0 fully saturated rings. The quantitative estimate of drug-likeness (QED) is 0.133. The highest BCUT2D eigenvalue weighted by Crippen LogP contribution is 2.43. The predicted molar refractivity (Wildman–Crippen MR) is 222 cm³/mol. The molecule has 0 spiro atoms. The van der Waals surface area contributed by atoms with Crippen molar-refractivity contribution in [2.75, 3.05) is 17.2 Å². The zero-order valence-corrected chi connectivity index (χ0v) is 33.2. The Bertz CT molecular complexity index is 2640. The number of benzene rings is 2. The fraction of sp³-hybridized carbons (Fsp3) is 0.300. The van der Waals surface area contributed by atoms with Gasteiger partial charge in [-0.2, -0.15) is 0 Å². The van der Waals surface area contributed by atoms with Crippen LogP contribution in [0.4, 0.5) is 23.0 Å². The standard InChI is InChI=1S/C21H19ClN4O2S.C19H15ClN4O2S/c1-2-28-21(27)11-3-4-14-17(7-11)29-20-18(14)19(24-10-25-20)26-16-6-13-9-23-8-12(13)5-15(16)22;20-13-3-10-6-21-7-11(10)4-14(13)24-17-16-12-2-1-9(19(25)26)5-15(12)27-18(16)23-8-22-17/h5-6,9-11H,2-4,7-8H2,1H3,(H,24,25,26);3-4,7-9H,1-2,5-6H2,(H,25,26)(H,22,23,24)/t11-;9-/m00/s1. The molecule has 6 heterocycles. The van der Waals surface area contributed by atoms with Gasteiger partial charge in [0.15, 0.2) is 0 Å². The second-order valence-corrected chi connectivity index (χ2v) is 17.0. The summed E-state index contributed by atoms with van der Waals surface area (Å²) in [5, 5.41) is 19.4. The summed E-state index contributed by atoms with van der Waals surface area (Å²) in [7, 11) is 0. The third-order valence-corrected chi connectivity index (χ3v) is 13.6.